The van der Waals surface area contributed by atoms with Crippen LogP contribution in [0.2, 0.25) is 0 Å². The van der Waals surface area contributed by atoms with E-state index >= 15 is 0 Å². The number of benzene rings is 1. The average Bonchev–Trinajstić information content (AvgIpc) is 2.14. The van der Waals surface area contributed by atoms with Crippen LogP contribution in [0.15, 0.2) is 28.0 Å². The molecule has 7 nitrogen and oxygen atoms in total. The topological polar surface area (TPSA) is 126 Å². The van der Waals surface area contributed by atoms with Crippen LogP contribution >= 0.6 is 0 Å². The molecular formula is C7H8Na2O7S2. The molecule has 0 aliphatic heterocycles. The van der Waals surface area contributed by atoms with Gasteiger partial charge >= 0.3 is 59.1 Å². The molecule has 18 heavy (non-hydrogen) atoms. The predicted octanol–water partition coefficient (Wildman–Crippen LogP) is -1.30. The minimum atomic E-state index is -4.65. The van der Waals surface area contributed by atoms with Gasteiger partial charge in [0.05, 0.1) is 9.79 Å². The van der Waals surface area contributed by atoms with Crippen molar-refractivity contribution in [3.63, 3.8) is 0 Å². The minimum absolute atomic E-state index is 0. The third kappa shape index (κ3) is 5.78. The molecule has 0 saturated heterocycles. The molecule has 0 radical (unpaired) electrons. The zero-order chi connectivity index (χ0) is 12.6. The van der Waals surface area contributed by atoms with Gasteiger partial charge < -0.3 is 0 Å². The molecule has 1 aromatic carbocycles. The van der Waals surface area contributed by atoms with Gasteiger partial charge in [0.2, 0.25) is 0 Å². The van der Waals surface area contributed by atoms with Crippen molar-refractivity contribution in [2.45, 2.75) is 9.79 Å². The molecule has 0 aliphatic carbocycles. The summed E-state index contributed by atoms with van der Waals surface area (Å²) in [6, 6.07) is 2.09. The Hall–Kier alpha value is 0.710. The van der Waals surface area contributed by atoms with E-state index in [0.717, 1.165) is 12.1 Å². The molecule has 0 saturated carbocycles. The van der Waals surface area contributed by atoms with Crippen molar-refractivity contribution in [1.82, 2.24) is 0 Å². The van der Waals surface area contributed by atoms with Crippen LogP contribution in [0.5, 0.6) is 0 Å². The van der Waals surface area contributed by atoms with Crippen molar-refractivity contribution in [3.8, 4) is 0 Å². The van der Waals surface area contributed by atoms with Crippen LogP contribution in [-0.4, -0.2) is 91.3 Å². The van der Waals surface area contributed by atoms with Gasteiger partial charge in [-0.3, -0.25) is 13.9 Å². The predicted molar refractivity (Wildman–Crippen MR) is 65.8 cm³/mol. The fraction of sp³-hybridized carbons (Fsp3) is 0. The van der Waals surface area contributed by atoms with Gasteiger partial charge in [0.1, 0.15) is 6.29 Å². The number of aldehydes is 1. The fourth-order valence-electron chi connectivity index (χ4n) is 0.960. The number of rotatable bonds is 3. The van der Waals surface area contributed by atoms with Crippen LogP contribution in [0.3, 0.4) is 0 Å². The summed E-state index contributed by atoms with van der Waals surface area (Å²) in [6.07, 6.45) is 0.184. The first-order valence-corrected chi connectivity index (χ1v) is 6.58. The van der Waals surface area contributed by atoms with Gasteiger partial charge in [-0.05, 0) is 18.2 Å². The number of carbonyl (C=O) groups is 1. The van der Waals surface area contributed by atoms with E-state index < -0.39 is 30.0 Å². The Kier molecular flexibility index (Phi) is 8.73. The van der Waals surface area contributed by atoms with E-state index in [9.17, 15) is 21.6 Å². The van der Waals surface area contributed by atoms with E-state index in [1.54, 1.807) is 0 Å². The summed E-state index contributed by atoms with van der Waals surface area (Å²) in [5.41, 5.74) is -0.303. The molecule has 0 atom stereocenters. The molecule has 0 spiro atoms. The Morgan fingerprint density at radius 1 is 0.833 bits per heavy atom. The second-order valence-electron chi connectivity index (χ2n) is 2.81. The molecule has 1 aromatic rings. The Bertz CT molecular complexity index is 586. The first-order valence-electron chi connectivity index (χ1n) is 3.70. The molecule has 0 bridgehead atoms. The van der Waals surface area contributed by atoms with Crippen LogP contribution in [0, 0.1) is 0 Å². The van der Waals surface area contributed by atoms with E-state index in [1.165, 1.54) is 0 Å². The number of hydrogen-bond acceptors (Lipinski definition) is 5. The first kappa shape index (κ1) is 21.0. The van der Waals surface area contributed by atoms with Crippen molar-refractivity contribution < 1.29 is 30.7 Å². The van der Waals surface area contributed by atoms with Crippen molar-refractivity contribution in [3.05, 3.63) is 23.8 Å². The molecule has 1 rings (SSSR count). The summed E-state index contributed by atoms with van der Waals surface area (Å²) in [7, 11) is -9.31. The van der Waals surface area contributed by atoms with Crippen molar-refractivity contribution in [2.75, 3.05) is 0 Å². The molecule has 0 amide bonds. The van der Waals surface area contributed by atoms with E-state index in [0.29, 0.717) is 6.07 Å². The SMILES string of the molecule is O=Cc1cc(S(=O)(=O)O)cc(S(=O)(=O)O)c1.[NaH].[NaH]. The third-order valence-corrected chi connectivity index (χ3v) is 3.30. The van der Waals surface area contributed by atoms with Crippen molar-refractivity contribution >= 4 is 85.6 Å². The zero-order valence-electron chi connectivity index (χ0n) is 7.56. The van der Waals surface area contributed by atoms with Crippen LogP contribution in [-0.2, 0) is 20.2 Å². The quantitative estimate of drug-likeness (QED) is 0.403. The monoisotopic (exact) mass is 314 g/mol. The molecule has 0 unspecified atom stereocenters. The molecule has 0 aromatic heterocycles. The van der Waals surface area contributed by atoms with Crippen molar-refractivity contribution in [2.24, 2.45) is 0 Å². The molecule has 2 N–H and O–H groups in total. The molecular weight excluding hydrogens is 306 g/mol. The molecule has 92 valence electrons. The van der Waals surface area contributed by atoms with E-state index in [2.05, 4.69) is 0 Å². The Morgan fingerprint density at radius 2 is 1.17 bits per heavy atom. The van der Waals surface area contributed by atoms with Crippen LogP contribution < -0.4 is 0 Å². The van der Waals surface area contributed by atoms with E-state index in [4.69, 9.17) is 9.11 Å². The normalized spacial score (nSPS) is 11.0. The molecule has 0 heterocycles. The Labute approximate surface area is 148 Å². The summed E-state index contributed by atoms with van der Waals surface area (Å²) in [5, 5.41) is 0. The van der Waals surface area contributed by atoms with Crippen LogP contribution in [0.1, 0.15) is 10.4 Å². The number of hydrogen-bond donors (Lipinski definition) is 2. The molecule has 11 heteroatoms. The van der Waals surface area contributed by atoms with Gasteiger partial charge in [0.15, 0.2) is 0 Å². The second kappa shape index (κ2) is 7.48. The van der Waals surface area contributed by atoms with Gasteiger partial charge in [-0.2, -0.15) is 16.8 Å². The summed E-state index contributed by atoms with van der Waals surface area (Å²) in [5.74, 6) is 0. The van der Waals surface area contributed by atoms with Gasteiger partial charge in [0, 0.05) is 5.56 Å². The second-order valence-corrected chi connectivity index (χ2v) is 5.65. The van der Waals surface area contributed by atoms with Gasteiger partial charge in [-0.25, -0.2) is 0 Å². The summed E-state index contributed by atoms with van der Waals surface area (Å²) < 4.78 is 60.3. The molecule has 0 fully saturated rings. The summed E-state index contributed by atoms with van der Waals surface area (Å²) in [6.45, 7) is 0. The van der Waals surface area contributed by atoms with E-state index in [1.807, 2.05) is 0 Å². The zero-order valence-corrected chi connectivity index (χ0v) is 9.19. The average molecular weight is 314 g/mol. The summed E-state index contributed by atoms with van der Waals surface area (Å²) >= 11 is 0. The van der Waals surface area contributed by atoms with Gasteiger partial charge in [0.25, 0.3) is 20.2 Å². The third-order valence-electron chi connectivity index (χ3n) is 1.63. The van der Waals surface area contributed by atoms with Crippen molar-refractivity contribution in [1.29, 1.82) is 0 Å². The van der Waals surface area contributed by atoms with Gasteiger partial charge in [-0.1, -0.05) is 0 Å². The maximum atomic E-state index is 10.7. The number of carbonyl (C=O) groups excluding carboxylic acids is 1. The summed E-state index contributed by atoms with van der Waals surface area (Å²) in [4.78, 5) is 8.84. The molecule has 0 aliphatic rings. The van der Waals surface area contributed by atoms with Crippen LogP contribution in [0.25, 0.3) is 0 Å². The van der Waals surface area contributed by atoms with Gasteiger partial charge in [-0.15, -0.1) is 0 Å². The van der Waals surface area contributed by atoms with Crippen LogP contribution in [0.4, 0.5) is 0 Å². The Morgan fingerprint density at radius 3 is 1.39 bits per heavy atom. The fourth-order valence-corrected chi connectivity index (χ4v) is 2.16. The standard InChI is InChI=1S/C7H6O7S2.2Na.2H/c8-4-5-1-6(15(9,10)11)3-7(2-5)16(12,13)14;;;;/h1-4H,(H,9,10,11)(H,12,13,14);;;;. The first-order chi connectivity index (χ1) is 7.14. The maximum absolute atomic E-state index is 10.7. The van der Waals surface area contributed by atoms with E-state index in [-0.39, 0.29) is 71.0 Å². The Balaban J connectivity index is 0.